The summed E-state index contributed by atoms with van der Waals surface area (Å²) in [5.74, 6) is 0. The van der Waals surface area contributed by atoms with Gasteiger partial charge in [0, 0.05) is 12.6 Å². The number of nitriles is 1. The highest BCUT2D eigenvalue weighted by molar-refractivity contribution is 5.33. The predicted molar refractivity (Wildman–Crippen MR) is 75.8 cm³/mol. The number of ether oxygens (including phenoxy) is 1. The molecule has 1 saturated heterocycles. The fourth-order valence-electron chi connectivity index (χ4n) is 2.49. The number of hydrogen-bond acceptors (Lipinski definition) is 3. The van der Waals surface area contributed by atoms with Crippen LogP contribution in [0.25, 0.3) is 0 Å². The van der Waals surface area contributed by atoms with Crippen LogP contribution < -0.4 is 5.32 Å². The maximum atomic E-state index is 8.90. The molecule has 2 rings (SSSR count). The maximum Gasteiger partial charge on any atom is 0.0991 e. The van der Waals surface area contributed by atoms with E-state index in [4.69, 9.17) is 10.00 Å². The molecule has 1 aromatic carbocycles. The zero-order valence-corrected chi connectivity index (χ0v) is 11.6. The summed E-state index contributed by atoms with van der Waals surface area (Å²) in [6.07, 6.45) is 5.20. The molecule has 0 aliphatic carbocycles. The Morgan fingerprint density at radius 3 is 3.11 bits per heavy atom. The van der Waals surface area contributed by atoms with Gasteiger partial charge in [-0.15, -0.1) is 0 Å². The van der Waals surface area contributed by atoms with Gasteiger partial charge in [-0.25, -0.2) is 0 Å². The van der Waals surface area contributed by atoms with Crippen molar-refractivity contribution in [1.29, 1.82) is 5.26 Å². The number of benzene rings is 1. The quantitative estimate of drug-likeness (QED) is 0.882. The van der Waals surface area contributed by atoms with Gasteiger partial charge in [0.05, 0.1) is 17.7 Å². The van der Waals surface area contributed by atoms with Crippen LogP contribution in [0.4, 0.5) is 0 Å². The van der Waals surface area contributed by atoms with Gasteiger partial charge in [0.2, 0.25) is 0 Å². The second kappa shape index (κ2) is 7.28. The predicted octanol–water partition coefficient (Wildman–Crippen LogP) is 3.17. The van der Waals surface area contributed by atoms with Crippen molar-refractivity contribution in [2.24, 2.45) is 0 Å². The van der Waals surface area contributed by atoms with E-state index in [1.54, 1.807) is 0 Å². The fraction of sp³-hybridized carbons (Fsp3) is 0.562. The molecule has 0 spiro atoms. The first-order chi connectivity index (χ1) is 9.29. The van der Waals surface area contributed by atoms with Crippen LogP contribution in [-0.4, -0.2) is 19.3 Å². The molecule has 3 heteroatoms. The molecule has 3 nitrogen and oxygen atoms in total. The highest BCUT2D eigenvalue weighted by atomic mass is 16.5. The van der Waals surface area contributed by atoms with Crippen LogP contribution in [0.5, 0.6) is 0 Å². The first-order valence-electron chi connectivity index (χ1n) is 7.14. The van der Waals surface area contributed by atoms with Gasteiger partial charge in [0.25, 0.3) is 0 Å². The molecule has 1 heterocycles. The minimum Gasteiger partial charge on any atom is -0.378 e. The van der Waals surface area contributed by atoms with Crippen LogP contribution in [0.15, 0.2) is 24.3 Å². The zero-order chi connectivity index (χ0) is 13.5. The Balaban J connectivity index is 1.77. The van der Waals surface area contributed by atoms with E-state index in [2.05, 4.69) is 24.4 Å². The molecule has 2 atom stereocenters. The van der Waals surface area contributed by atoms with Crippen LogP contribution in [0.3, 0.4) is 0 Å². The lowest BCUT2D eigenvalue weighted by Gasteiger charge is -2.23. The first-order valence-corrected chi connectivity index (χ1v) is 7.14. The molecule has 0 radical (unpaired) electrons. The van der Waals surface area contributed by atoms with Crippen LogP contribution in [0.2, 0.25) is 0 Å². The molecule has 0 amide bonds. The zero-order valence-electron chi connectivity index (χ0n) is 11.6. The number of nitrogens with one attached hydrogen (secondary N) is 1. The topological polar surface area (TPSA) is 45.0 Å². The van der Waals surface area contributed by atoms with Crippen molar-refractivity contribution >= 4 is 0 Å². The largest absolute Gasteiger partial charge is 0.378 e. The average Bonchev–Trinajstić information content (AvgIpc) is 2.48. The van der Waals surface area contributed by atoms with Crippen LogP contribution in [-0.2, 0) is 4.74 Å². The lowest BCUT2D eigenvalue weighted by atomic mass is 10.0. The number of hydrogen-bond donors (Lipinski definition) is 1. The standard InChI is InChI=1S/C16H22N2O/c1-13(15-6-4-5-14(11-15)12-17)18-9-8-16-7-2-3-10-19-16/h4-6,11,13,16,18H,2-3,7-10H2,1H3. The summed E-state index contributed by atoms with van der Waals surface area (Å²) in [4.78, 5) is 0. The normalized spacial score (nSPS) is 20.7. The number of nitrogens with zero attached hydrogens (tertiary/aromatic N) is 1. The minimum absolute atomic E-state index is 0.275. The van der Waals surface area contributed by atoms with Gasteiger partial charge in [0.15, 0.2) is 0 Å². The summed E-state index contributed by atoms with van der Waals surface area (Å²) in [6.45, 7) is 4.02. The molecule has 19 heavy (non-hydrogen) atoms. The summed E-state index contributed by atoms with van der Waals surface area (Å²) >= 11 is 0. The van der Waals surface area contributed by atoms with Gasteiger partial charge in [-0.05, 0) is 56.8 Å². The van der Waals surface area contributed by atoms with Crippen LogP contribution in [0, 0.1) is 11.3 Å². The minimum atomic E-state index is 0.275. The van der Waals surface area contributed by atoms with Crippen molar-refractivity contribution in [2.75, 3.05) is 13.2 Å². The van der Waals surface area contributed by atoms with Gasteiger partial charge in [0.1, 0.15) is 0 Å². The first kappa shape index (κ1) is 14.0. The summed E-state index contributed by atoms with van der Waals surface area (Å²) in [5.41, 5.74) is 1.89. The Bertz CT molecular complexity index is 433. The number of rotatable bonds is 5. The SMILES string of the molecule is CC(NCCC1CCCCO1)c1cccc(C#N)c1. The van der Waals surface area contributed by atoms with Crippen molar-refractivity contribution < 1.29 is 4.74 Å². The van der Waals surface area contributed by atoms with Gasteiger partial charge >= 0.3 is 0 Å². The molecule has 102 valence electrons. The van der Waals surface area contributed by atoms with Crippen molar-refractivity contribution in [1.82, 2.24) is 5.32 Å². The Hall–Kier alpha value is -1.37. The lowest BCUT2D eigenvalue weighted by molar-refractivity contribution is 0.0112. The maximum absolute atomic E-state index is 8.90. The van der Waals surface area contributed by atoms with Gasteiger partial charge in [-0.2, -0.15) is 5.26 Å². The molecule has 1 aliphatic heterocycles. The van der Waals surface area contributed by atoms with E-state index in [9.17, 15) is 0 Å². The third-order valence-electron chi connectivity index (χ3n) is 3.71. The fourth-order valence-corrected chi connectivity index (χ4v) is 2.49. The monoisotopic (exact) mass is 258 g/mol. The Kier molecular flexibility index (Phi) is 5.38. The summed E-state index contributed by atoms with van der Waals surface area (Å²) in [6, 6.07) is 10.3. The second-order valence-electron chi connectivity index (χ2n) is 5.19. The van der Waals surface area contributed by atoms with E-state index >= 15 is 0 Å². The smallest absolute Gasteiger partial charge is 0.0991 e. The lowest BCUT2D eigenvalue weighted by Crippen LogP contribution is -2.27. The molecule has 0 saturated carbocycles. The summed E-state index contributed by atoms with van der Waals surface area (Å²) in [5, 5.41) is 12.4. The molecule has 0 bridgehead atoms. The Labute approximate surface area is 115 Å². The van der Waals surface area contributed by atoms with Crippen molar-refractivity contribution in [3.63, 3.8) is 0 Å². The third-order valence-corrected chi connectivity index (χ3v) is 3.71. The van der Waals surface area contributed by atoms with E-state index < -0.39 is 0 Å². The van der Waals surface area contributed by atoms with Gasteiger partial charge in [-0.1, -0.05) is 12.1 Å². The van der Waals surface area contributed by atoms with E-state index in [1.165, 1.54) is 24.8 Å². The Morgan fingerprint density at radius 2 is 2.37 bits per heavy atom. The highest BCUT2D eigenvalue weighted by Gasteiger charge is 2.14. The molecule has 1 aliphatic rings. The summed E-state index contributed by atoms with van der Waals surface area (Å²) < 4.78 is 5.72. The van der Waals surface area contributed by atoms with E-state index in [0.29, 0.717) is 6.10 Å². The van der Waals surface area contributed by atoms with E-state index in [0.717, 1.165) is 25.1 Å². The molecule has 2 unspecified atom stereocenters. The third kappa shape index (κ3) is 4.34. The molecule has 1 aromatic rings. The van der Waals surface area contributed by atoms with E-state index in [-0.39, 0.29) is 6.04 Å². The molecule has 1 N–H and O–H groups in total. The highest BCUT2D eigenvalue weighted by Crippen LogP contribution is 2.17. The van der Waals surface area contributed by atoms with Gasteiger partial charge in [-0.3, -0.25) is 0 Å². The molecule has 0 aromatic heterocycles. The average molecular weight is 258 g/mol. The van der Waals surface area contributed by atoms with Gasteiger partial charge < -0.3 is 10.1 Å². The van der Waals surface area contributed by atoms with Crippen molar-refractivity contribution in [3.05, 3.63) is 35.4 Å². The Morgan fingerprint density at radius 1 is 1.47 bits per heavy atom. The summed E-state index contributed by atoms with van der Waals surface area (Å²) in [7, 11) is 0. The van der Waals surface area contributed by atoms with Crippen molar-refractivity contribution in [2.45, 2.75) is 44.8 Å². The van der Waals surface area contributed by atoms with Crippen LogP contribution >= 0.6 is 0 Å². The molecular formula is C16H22N2O. The van der Waals surface area contributed by atoms with Crippen molar-refractivity contribution in [3.8, 4) is 6.07 Å². The van der Waals surface area contributed by atoms with Crippen LogP contribution in [0.1, 0.15) is 49.8 Å². The molecule has 1 fully saturated rings. The second-order valence-corrected chi connectivity index (χ2v) is 5.19. The van der Waals surface area contributed by atoms with E-state index in [1.807, 2.05) is 18.2 Å². The molecular weight excluding hydrogens is 236 g/mol.